The maximum absolute atomic E-state index is 13.7. The second-order valence-electron chi connectivity index (χ2n) is 5.22. The summed E-state index contributed by atoms with van der Waals surface area (Å²) in [6.45, 7) is 8.39. The Bertz CT molecular complexity index is 481. The van der Waals surface area contributed by atoms with Gasteiger partial charge in [0.05, 0.1) is 5.60 Å². The van der Waals surface area contributed by atoms with E-state index in [1.807, 2.05) is 20.8 Å². The van der Waals surface area contributed by atoms with Crippen LogP contribution in [0.2, 0.25) is 0 Å². The summed E-state index contributed by atoms with van der Waals surface area (Å²) in [4.78, 5) is 11.9. The molecule has 1 aromatic rings. The van der Waals surface area contributed by atoms with Crippen LogP contribution < -0.4 is 10.6 Å². The molecule has 6 heteroatoms. The molecular formula is C15H22F2N2O2. The van der Waals surface area contributed by atoms with Crippen LogP contribution in [0, 0.1) is 11.6 Å². The van der Waals surface area contributed by atoms with Crippen molar-refractivity contribution in [3.63, 3.8) is 0 Å². The molecule has 0 heterocycles. The zero-order valence-corrected chi connectivity index (χ0v) is 12.8. The molecule has 0 fully saturated rings. The molecule has 0 bridgehead atoms. The van der Waals surface area contributed by atoms with Gasteiger partial charge in [-0.25, -0.2) is 8.78 Å². The lowest BCUT2D eigenvalue weighted by atomic mass is 10.1. The Labute approximate surface area is 123 Å². The highest BCUT2D eigenvalue weighted by Crippen LogP contribution is 2.20. The number of rotatable bonds is 7. The summed E-state index contributed by atoms with van der Waals surface area (Å²) in [5.41, 5.74) is -0.812. The number of halogens is 2. The maximum Gasteiger partial charge on any atom is 0.251 e. The van der Waals surface area contributed by atoms with Gasteiger partial charge < -0.3 is 15.4 Å². The van der Waals surface area contributed by atoms with Crippen molar-refractivity contribution in [1.29, 1.82) is 0 Å². The molecule has 4 nitrogen and oxygen atoms in total. The Hall–Kier alpha value is -1.69. The number of amides is 1. The lowest BCUT2D eigenvalue weighted by Crippen LogP contribution is -2.40. The molecule has 0 saturated carbocycles. The van der Waals surface area contributed by atoms with E-state index in [2.05, 4.69) is 10.6 Å². The van der Waals surface area contributed by atoms with Gasteiger partial charge in [0.15, 0.2) is 0 Å². The summed E-state index contributed by atoms with van der Waals surface area (Å²) in [6.07, 6.45) is 0. The van der Waals surface area contributed by atoms with E-state index in [9.17, 15) is 13.6 Å². The molecule has 0 saturated heterocycles. The standard InChI is InChI=1S/C15H22F2N2O2/c1-5-18-13-11(16)7-10(8-12(13)17)14(20)19-9-15(3,4)21-6-2/h7-8,18H,5-6,9H2,1-4H3,(H,19,20). The fourth-order valence-corrected chi connectivity index (χ4v) is 1.89. The van der Waals surface area contributed by atoms with Crippen LogP contribution in [0.1, 0.15) is 38.1 Å². The number of nitrogens with one attached hydrogen (secondary N) is 2. The highest BCUT2D eigenvalue weighted by Gasteiger charge is 2.20. The molecule has 0 aliphatic heterocycles. The Morgan fingerprint density at radius 2 is 1.81 bits per heavy atom. The van der Waals surface area contributed by atoms with Crippen LogP contribution >= 0.6 is 0 Å². The lowest BCUT2D eigenvalue weighted by molar-refractivity contribution is -0.00815. The van der Waals surface area contributed by atoms with E-state index in [-0.39, 0.29) is 17.8 Å². The number of ether oxygens (including phenoxy) is 1. The molecule has 0 aromatic heterocycles. The van der Waals surface area contributed by atoms with Crippen molar-refractivity contribution < 1.29 is 18.3 Å². The van der Waals surface area contributed by atoms with Crippen LogP contribution in [0.4, 0.5) is 14.5 Å². The molecule has 2 N–H and O–H groups in total. The van der Waals surface area contributed by atoms with Crippen molar-refractivity contribution in [2.45, 2.75) is 33.3 Å². The number of carbonyl (C=O) groups excluding carboxylic acids is 1. The minimum atomic E-state index is -0.786. The van der Waals surface area contributed by atoms with Gasteiger partial charge in [0.25, 0.3) is 5.91 Å². The number of hydrogen-bond donors (Lipinski definition) is 2. The quantitative estimate of drug-likeness (QED) is 0.814. The molecule has 0 aliphatic carbocycles. The number of carbonyl (C=O) groups is 1. The van der Waals surface area contributed by atoms with Crippen molar-refractivity contribution in [2.24, 2.45) is 0 Å². The molecule has 0 aliphatic rings. The minimum Gasteiger partial charge on any atom is -0.381 e. The van der Waals surface area contributed by atoms with E-state index < -0.39 is 23.1 Å². The first-order chi connectivity index (χ1) is 9.80. The summed E-state index contributed by atoms with van der Waals surface area (Å²) >= 11 is 0. The van der Waals surface area contributed by atoms with E-state index >= 15 is 0 Å². The molecule has 0 radical (unpaired) electrons. The van der Waals surface area contributed by atoms with Gasteiger partial charge in [-0.05, 0) is 39.8 Å². The van der Waals surface area contributed by atoms with Crippen LogP contribution in [0.25, 0.3) is 0 Å². The molecule has 1 rings (SSSR count). The van der Waals surface area contributed by atoms with E-state index in [1.165, 1.54) is 0 Å². The normalized spacial score (nSPS) is 11.3. The van der Waals surface area contributed by atoms with Gasteiger partial charge in [-0.3, -0.25) is 4.79 Å². The molecular weight excluding hydrogens is 278 g/mol. The van der Waals surface area contributed by atoms with Crippen molar-refractivity contribution in [1.82, 2.24) is 5.32 Å². The highest BCUT2D eigenvalue weighted by atomic mass is 19.1. The van der Waals surface area contributed by atoms with Gasteiger partial charge in [-0.1, -0.05) is 0 Å². The first-order valence-corrected chi connectivity index (χ1v) is 6.95. The van der Waals surface area contributed by atoms with Gasteiger partial charge in [-0.2, -0.15) is 0 Å². The Morgan fingerprint density at radius 1 is 1.24 bits per heavy atom. The van der Waals surface area contributed by atoms with Crippen LogP contribution in [0.15, 0.2) is 12.1 Å². The summed E-state index contributed by atoms with van der Waals surface area (Å²) in [7, 11) is 0. The largest absolute Gasteiger partial charge is 0.381 e. The van der Waals surface area contributed by atoms with E-state index in [0.717, 1.165) is 12.1 Å². The molecule has 0 unspecified atom stereocenters. The van der Waals surface area contributed by atoms with Crippen molar-refractivity contribution in [3.8, 4) is 0 Å². The van der Waals surface area contributed by atoms with Crippen molar-refractivity contribution >= 4 is 11.6 Å². The minimum absolute atomic E-state index is 0.0565. The number of benzene rings is 1. The zero-order chi connectivity index (χ0) is 16.0. The fraction of sp³-hybridized carbons (Fsp3) is 0.533. The van der Waals surface area contributed by atoms with Crippen LogP contribution in [0.3, 0.4) is 0 Å². The molecule has 118 valence electrons. The van der Waals surface area contributed by atoms with E-state index in [1.54, 1.807) is 6.92 Å². The average molecular weight is 300 g/mol. The molecule has 0 atom stereocenters. The second-order valence-corrected chi connectivity index (χ2v) is 5.22. The third kappa shape index (κ3) is 4.97. The van der Waals surface area contributed by atoms with E-state index in [0.29, 0.717) is 13.2 Å². The van der Waals surface area contributed by atoms with Gasteiger partial charge in [0, 0.05) is 25.3 Å². The van der Waals surface area contributed by atoms with Crippen LogP contribution in [-0.4, -0.2) is 31.2 Å². The summed E-state index contributed by atoms with van der Waals surface area (Å²) in [5.74, 6) is -2.11. The maximum atomic E-state index is 13.7. The Balaban J connectivity index is 2.80. The topological polar surface area (TPSA) is 50.4 Å². The van der Waals surface area contributed by atoms with Crippen molar-refractivity contribution in [2.75, 3.05) is 25.0 Å². The number of hydrogen-bond acceptors (Lipinski definition) is 3. The molecule has 1 amide bonds. The predicted molar refractivity (Wildman–Crippen MR) is 78.6 cm³/mol. The van der Waals surface area contributed by atoms with Gasteiger partial charge in [0.1, 0.15) is 17.3 Å². The third-order valence-electron chi connectivity index (χ3n) is 2.87. The second kappa shape index (κ2) is 7.36. The number of anilines is 1. The Morgan fingerprint density at radius 3 is 2.29 bits per heavy atom. The molecule has 21 heavy (non-hydrogen) atoms. The summed E-state index contributed by atoms with van der Waals surface area (Å²) in [6, 6.07) is 2.04. The summed E-state index contributed by atoms with van der Waals surface area (Å²) in [5, 5.41) is 5.19. The molecule has 0 spiro atoms. The first-order valence-electron chi connectivity index (χ1n) is 6.95. The van der Waals surface area contributed by atoms with Gasteiger partial charge in [0.2, 0.25) is 0 Å². The summed E-state index contributed by atoms with van der Waals surface area (Å²) < 4.78 is 32.9. The van der Waals surface area contributed by atoms with E-state index in [4.69, 9.17) is 4.74 Å². The predicted octanol–water partition coefficient (Wildman–Crippen LogP) is 2.94. The SMILES string of the molecule is CCNc1c(F)cc(C(=O)NCC(C)(C)OCC)cc1F. The zero-order valence-electron chi connectivity index (χ0n) is 12.8. The first kappa shape index (κ1) is 17.4. The Kier molecular flexibility index (Phi) is 6.08. The highest BCUT2D eigenvalue weighted by molar-refractivity contribution is 5.94. The monoisotopic (exact) mass is 300 g/mol. The van der Waals surface area contributed by atoms with Gasteiger partial charge >= 0.3 is 0 Å². The fourth-order valence-electron chi connectivity index (χ4n) is 1.89. The van der Waals surface area contributed by atoms with Crippen molar-refractivity contribution in [3.05, 3.63) is 29.3 Å². The smallest absolute Gasteiger partial charge is 0.251 e. The van der Waals surface area contributed by atoms with Crippen LogP contribution in [0.5, 0.6) is 0 Å². The van der Waals surface area contributed by atoms with Crippen LogP contribution in [-0.2, 0) is 4.74 Å². The lowest BCUT2D eigenvalue weighted by Gasteiger charge is -2.24. The van der Waals surface area contributed by atoms with Gasteiger partial charge in [-0.15, -0.1) is 0 Å². The third-order valence-corrected chi connectivity index (χ3v) is 2.87. The average Bonchev–Trinajstić information content (AvgIpc) is 2.40. The molecule has 1 aromatic carbocycles.